The monoisotopic (exact) mass is 347 g/mol. The molecule has 1 heterocycles. The quantitative estimate of drug-likeness (QED) is 0.605. The van der Waals surface area contributed by atoms with Crippen LogP contribution in [0.25, 0.3) is 0 Å². The molecule has 0 spiro atoms. The number of benzene rings is 1. The van der Waals surface area contributed by atoms with Gasteiger partial charge < -0.3 is 4.74 Å². The van der Waals surface area contributed by atoms with Crippen LogP contribution >= 0.6 is 11.6 Å². The Kier molecular flexibility index (Phi) is 5.00. The van der Waals surface area contributed by atoms with Crippen LogP contribution < -0.4 is 0 Å². The molecule has 1 aliphatic heterocycles. The molecule has 0 saturated carbocycles. The SMILES string of the molecule is O=C(Cc1ccccc1)OCCN1C(=O)[C@H]2CC=C(Cl)C[C@H]2C1=O. The van der Waals surface area contributed by atoms with Gasteiger partial charge in [0.05, 0.1) is 24.8 Å². The van der Waals surface area contributed by atoms with Crippen molar-refractivity contribution in [2.75, 3.05) is 13.2 Å². The summed E-state index contributed by atoms with van der Waals surface area (Å²) in [6.07, 6.45) is 2.89. The lowest BCUT2D eigenvalue weighted by molar-refractivity contribution is -0.148. The van der Waals surface area contributed by atoms with Gasteiger partial charge in [0.25, 0.3) is 0 Å². The molecule has 1 aromatic rings. The smallest absolute Gasteiger partial charge is 0.310 e. The molecule has 1 fully saturated rings. The first-order valence-electron chi connectivity index (χ1n) is 7.95. The highest BCUT2D eigenvalue weighted by atomic mass is 35.5. The van der Waals surface area contributed by atoms with Crippen LogP contribution in [-0.2, 0) is 25.5 Å². The number of amides is 2. The Hall–Kier alpha value is -2.14. The number of allylic oxidation sites excluding steroid dienone is 2. The fourth-order valence-electron chi connectivity index (χ4n) is 3.18. The van der Waals surface area contributed by atoms with E-state index < -0.39 is 0 Å². The minimum Gasteiger partial charge on any atom is -0.464 e. The zero-order valence-corrected chi connectivity index (χ0v) is 13.9. The number of fused-ring (bicyclic) bond motifs is 1. The van der Waals surface area contributed by atoms with Crippen molar-refractivity contribution in [3.63, 3.8) is 0 Å². The van der Waals surface area contributed by atoms with Crippen molar-refractivity contribution in [1.29, 1.82) is 0 Å². The third-order valence-corrected chi connectivity index (χ3v) is 4.74. The number of likely N-dealkylation sites (tertiary alicyclic amines) is 1. The molecule has 126 valence electrons. The van der Waals surface area contributed by atoms with E-state index in [2.05, 4.69) is 0 Å². The molecule has 0 unspecified atom stereocenters. The van der Waals surface area contributed by atoms with E-state index in [9.17, 15) is 14.4 Å². The van der Waals surface area contributed by atoms with Crippen LogP contribution in [0.2, 0.25) is 0 Å². The molecular formula is C18H18ClNO4. The van der Waals surface area contributed by atoms with Gasteiger partial charge in [0, 0.05) is 5.03 Å². The van der Waals surface area contributed by atoms with Gasteiger partial charge >= 0.3 is 5.97 Å². The summed E-state index contributed by atoms with van der Waals surface area (Å²) in [6.45, 7) is 0.118. The number of ether oxygens (including phenoxy) is 1. The Labute approximate surface area is 145 Å². The average Bonchev–Trinajstić information content (AvgIpc) is 2.80. The van der Waals surface area contributed by atoms with Gasteiger partial charge in [0.15, 0.2) is 0 Å². The minimum atomic E-state index is -0.373. The largest absolute Gasteiger partial charge is 0.464 e. The second-order valence-corrected chi connectivity index (χ2v) is 6.50. The number of carbonyl (C=O) groups excluding carboxylic acids is 3. The van der Waals surface area contributed by atoms with Crippen molar-refractivity contribution in [3.8, 4) is 0 Å². The van der Waals surface area contributed by atoms with Crippen molar-refractivity contribution < 1.29 is 19.1 Å². The van der Waals surface area contributed by atoms with E-state index in [0.717, 1.165) is 5.56 Å². The normalized spacial score (nSPS) is 23.0. The summed E-state index contributed by atoms with van der Waals surface area (Å²) in [5.41, 5.74) is 0.863. The molecule has 1 saturated heterocycles. The number of rotatable bonds is 5. The highest BCUT2D eigenvalue weighted by Crippen LogP contribution is 2.38. The van der Waals surface area contributed by atoms with Crippen LogP contribution in [0.3, 0.4) is 0 Å². The molecule has 0 N–H and O–H groups in total. The number of hydrogen-bond acceptors (Lipinski definition) is 4. The van der Waals surface area contributed by atoms with Gasteiger partial charge in [-0.05, 0) is 18.4 Å². The highest BCUT2D eigenvalue weighted by Gasteiger charge is 2.48. The molecule has 3 rings (SSSR count). The molecule has 2 atom stereocenters. The molecule has 0 aromatic heterocycles. The van der Waals surface area contributed by atoms with Crippen LogP contribution in [0.5, 0.6) is 0 Å². The Bertz CT molecular complexity index is 686. The fourth-order valence-corrected chi connectivity index (χ4v) is 3.44. The van der Waals surface area contributed by atoms with E-state index in [4.69, 9.17) is 16.3 Å². The zero-order valence-electron chi connectivity index (χ0n) is 13.1. The first kappa shape index (κ1) is 16.7. The molecule has 2 amide bonds. The topological polar surface area (TPSA) is 63.7 Å². The second kappa shape index (κ2) is 7.18. The van der Waals surface area contributed by atoms with E-state index in [1.54, 1.807) is 6.08 Å². The average molecular weight is 348 g/mol. The first-order valence-corrected chi connectivity index (χ1v) is 8.33. The van der Waals surface area contributed by atoms with Crippen molar-refractivity contribution in [3.05, 3.63) is 47.0 Å². The predicted octanol–water partition coefficient (Wildman–Crippen LogP) is 2.29. The summed E-state index contributed by atoms with van der Waals surface area (Å²) in [5.74, 6) is -1.46. The number of imide groups is 1. The maximum atomic E-state index is 12.3. The fraction of sp³-hybridized carbons (Fsp3) is 0.389. The van der Waals surface area contributed by atoms with Gasteiger partial charge in [0.1, 0.15) is 6.61 Å². The van der Waals surface area contributed by atoms with Crippen LogP contribution in [0.15, 0.2) is 41.4 Å². The molecule has 1 aromatic carbocycles. The summed E-state index contributed by atoms with van der Waals surface area (Å²) < 4.78 is 5.15. The van der Waals surface area contributed by atoms with Crippen molar-refractivity contribution in [2.24, 2.45) is 11.8 Å². The Morgan fingerprint density at radius 1 is 1.17 bits per heavy atom. The molecule has 2 aliphatic rings. The van der Waals surface area contributed by atoms with E-state index in [1.807, 2.05) is 30.3 Å². The van der Waals surface area contributed by atoms with Crippen LogP contribution in [-0.4, -0.2) is 35.8 Å². The van der Waals surface area contributed by atoms with Crippen LogP contribution in [0, 0.1) is 11.8 Å². The molecule has 24 heavy (non-hydrogen) atoms. The van der Waals surface area contributed by atoms with Gasteiger partial charge in [0.2, 0.25) is 11.8 Å². The molecule has 6 heteroatoms. The molecule has 1 aliphatic carbocycles. The first-order chi connectivity index (χ1) is 11.6. The summed E-state index contributed by atoms with van der Waals surface area (Å²) in [6, 6.07) is 9.27. The van der Waals surface area contributed by atoms with E-state index in [1.165, 1.54) is 4.90 Å². The predicted molar refractivity (Wildman–Crippen MR) is 88.0 cm³/mol. The van der Waals surface area contributed by atoms with E-state index in [-0.39, 0.29) is 49.2 Å². The molecule has 5 nitrogen and oxygen atoms in total. The lowest BCUT2D eigenvalue weighted by atomic mass is 9.85. The van der Waals surface area contributed by atoms with Crippen LogP contribution in [0.4, 0.5) is 0 Å². The van der Waals surface area contributed by atoms with Gasteiger partial charge in [-0.1, -0.05) is 48.0 Å². The molecule has 0 radical (unpaired) electrons. The number of nitrogens with zero attached hydrogens (tertiary/aromatic N) is 1. The van der Waals surface area contributed by atoms with Crippen molar-refractivity contribution in [2.45, 2.75) is 19.3 Å². The summed E-state index contributed by atoms with van der Waals surface area (Å²) in [5, 5.41) is 0.633. The van der Waals surface area contributed by atoms with Gasteiger partial charge in [-0.2, -0.15) is 0 Å². The highest BCUT2D eigenvalue weighted by molar-refractivity contribution is 6.30. The number of halogens is 1. The second-order valence-electron chi connectivity index (χ2n) is 6.01. The lowest BCUT2D eigenvalue weighted by Crippen LogP contribution is -2.34. The third-order valence-electron chi connectivity index (χ3n) is 4.43. The van der Waals surface area contributed by atoms with E-state index >= 15 is 0 Å². The number of esters is 1. The van der Waals surface area contributed by atoms with Gasteiger partial charge in [-0.15, -0.1) is 0 Å². The van der Waals surface area contributed by atoms with Crippen LogP contribution in [0.1, 0.15) is 18.4 Å². The summed E-state index contributed by atoms with van der Waals surface area (Å²) >= 11 is 5.98. The standard InChI is InChI=1S/C18H18ClNO4/c19-13-6-7-14-15(11-13)18(23)20(17(14)22)8-9-24-16(21)10-12-4-2-1-3-5-12/h1-6,14-15H,7-11H2/t14-,15+/m0/s1. The lowest BCUT2D eigenvalue weighted by Gasteiger charge is -2.17. The third kappa shape index (κ3) is 3.51. The molecule has 0 bridgehead atoms. The number of hydrogen-bond donors (Lipinski definition) is 0. The van der Waals surface area contributed by atoms with Crippen molar-refractivity contribution in [1.82, 2.24) is 4.90 Å². The van der Waals surface area contributed by atoms with E-state index in [0.29, 0.717) is 17.9 Å². The van der Waals surface area contributed by atoms with Crippen molar-refractivity contribution >= 4 is 29.4 Å². The van der Waals surface area contributed by atoms with Gasteiger partial charge in [-0.25, -0.2) is 0 Å². The zero-order chi connectivity index (χ0) is 17.1. The Morgan fingerprint density at radius 2 is 1.88 bits per heavy atom. The summed E-state index contributed by atoms with van der Waals surface area (Å²) in [4.78, 5) is 37.7. The van der Waals surface area contributed by atoms with Gasteiger partial charge in [-0.3, -0.25) is 19.3 Å². The number of carbonyl (C=O) groups is 3. The maximum Gasteiger partial charge on any atom is 0.310 e. The minimum absolute atomic E-state index is 0.0176. The Balaban J connectivity index is 1.49. The Morgan fingerprint density at radius 3 is 2.62 bits per heavy atom. The molecular weight excluding hydrogens is 330 g/mol. The maximum absolute atomic E-state index is 12.3. The summed E-state index contributed by atoms with van der Waals surface area (Å²) in [7, 11) is 0.